The smallest absolute Gasteiger partial charge is 0.330 e. The predicted octanol–water partition coefficient (Wildman–Crippen LogP) is 1.77. The molecule has 2 amide bonds. The van der Waals surface area contributed by atoms with Gasteiger partial charge in [0.05, 0.1) is 17.7 Å². The number of thiazole rings is 1. The number of rotatable bonds is 5. The fraction of sp³-hybridized carbons (Fsp3) is 0.154. The molecule has 1 aromatic carbocycles. The van der Waals surface area contributed by atoms with E-state index in [1.54, 1.807) is 35.8 Å². The maximum absolute atomic E-state index is 11.7. The van der Waals surface area contributed by atoms with Crippen molar-refractivity contribution in [2.24, 2.45) is 0 Å². The first-order chi connectivity index (χ1) is 9.66. The second-order valence-corrected chi connectivity index (χ2v) is 4.71. The summed E-state index contributed by atoms with van der Waals surface area (Å²) in [5, 5.41) is 16.0. The third-order valence-corrected chi connectivity index (χ3v) is 3.20. The average molecular weight is 291 g/mol. The lowest BCUT2D eigenvalue weighted by molar-refractivity contribution is -0.139. The Kier molecular flexibility index (Phi) is 4.67. The van der Waals surface area contributed by atoms with Gasteiger partial charge < -0.3 is 15.7 Å². The van der Waals surface area contributed by atoms with Crippen molar-refractivity contribution in [1.82, 2.24) is 15.6 Å². The fourth-order valence-corrected chi connectivity index (χ4v) is 2.17. The molecule has 0 aliphatic heterocycles. The second-order valence-electron chi connectivity index (χ2n) is 3.99. The first kappa shape index (κ1) is 14.0. The lowest BCUT2D eigenvalue weighted by Gasteiger charge is -2.15. The molecule has 0 unspecified atom stereocenters. The molecule has 20 heavy (non-hydrogen) atoms. The highest BCUT2D eigenvalue weighted by Crippen LogP contribution is 2.12. The second kappa shape index (κ2) is 6.67. The van der Waals surface area contributed by atoms with Gasteiger partial charge in [0.1, 0.15) is 0 Å². The number of hydrogen-bond acceptors (Lipinski definition) is 4. The Bertz CT molecular complexity index is 572. The number of aromatic nitrogens is 1. The van der Waals surface area contributed by atoms with E-state index in [1.165, 1.54) is 11.3 Å². The third kappa shape index (κ3) is 3.79. The van der Waals surface area contributed by atoms with Crippen molar-refractivity contribution in [3.63, 3.8) is 0 Å². The number of aliphatic carboxylic acids is 1. The zero-order chi connectivity index (χ0) is 14.4. The first-order valence-corrected chi connectivity index (χ1v) is 6.80. The lowest BCUT2D eigenvalue weighted by Crippen LogP contribution is -2.40. The van der Waals surface area contributed by atoms with Crippen LogP contribution in [-0.2, 0) is 11.3 Å². The maximum atomic E-state index is 11.7. The van der Waals surface area contributed by atoms with E-state index in [-0.39, 0.29) is 6.54 Å². The summed E-state index contributed by atoms with van der Waals surface area (Å²) in [5.74, 6) is -1.11. The number of nitrogens with one attached hydrogen (secondary N) is 2. The van der Waals surface area contributed by atoms with Gasteiger partial charge in [-0.3, -0.25) is 0 Å². The highest BCUT2D eigenvalue weighted by molar-refractivity contribution is 7.07. The van der Waals surface area contributed by atoms with E-state index >= 15 is 0 Å². The highest BCUT2D eigenvalue weighted by Gasteiger charge is 2.21. The number of benzene rings is 1. The van der Waals surface area contributed by atoms with Crippen molar-refractivity contribution < 1.29 is 14.7 Å². The first-order valence-electron chi connectivity index (χ1n) is 5.86. The molecule has 2 aromatic rings. The van der Waals surface area contributed by atoms with Gasteiger partial charge in [0, 0.05) is 5.38 Å². The molecule has 0 aliphatic rings. The summed E-state index contributed by atoms with van der Waals surface area (Å²) in [7, 11) is 0. The molecule has 6 nitrogen and oxygen atoms in total. The van der Waals surface area contributed by atoms with Crippen molar-refractivity contribution in [3.05, 3.63) is 52.5 Å². The molecule has 1 heterocycles. The fourth-order valence-electron chi connectivity index (χ4n) is 1.61. The van der Waals surface area contributed by atoms with Crippen LogP contribution >= 0.6 is 11.3 Å². The van der Waals surface area contributed by atoms with E-state index in [4.69, 9.17) is 0 Å². The number of carboxylic acid groups (broad SMARTS) is 1. The summed E-state index contributed by atoms with van der Waals surface area (Å²) < 4.78 is 0. The largest absolute Gasteiger partial charge is 0.479 e. The van der Waals surface area contributed by atoms with E-state index in [2.05, 4.69) is 15.6 Å². The zero-order valence-electron chi connectivity index (χ0n) is 10.4. The van der Waals surface area contributed by atoms with Crippen molar-refractivity contribution in [2.45, 2.75) is 12.6 Å². The average Bonchev–Trinajstić information content (AvgIpc) is 2.96. The van der Waals surface area contributed by atoms with Gasteiger partial charge in [-0.05, 0) is 5.56 Å². The third-order valence-electron chi connectivity index (χ3n) is 2.57. The van der Waals surface area contributed by atoms with Gasteiger partial charge >= 0.3 is 12.0 Å². The maximum Gasteiger partial charge on any atom is 0.330 e. The Hall–Kier alpha value is -2.41. The van der Waals surface area contributed by atoms with Crippen LogP contribution < -0.4 is 10.6 Å². The van der Waals surface area contributed by atoms with Crippen LogP contribution in [-0.4, -0.2) is 22.1 Å². The summed E-state index contributed by atoms with van der Waals surface area (Å²) in [6.45, 7) is 0.260. The molecule has 7 heteroatoms. The van der Waals surface area contributed by atoms with Gasteiger partial charge in [-0.25, -0.2) is 14.6 Å². The number of amides is 2. The van der Waals surface area contributed by atoms with Crippen molar-refractivity contribution in [2.75, 3.05) is 0 Å². The van der Waals surface area contributed by atoms with Crippen LogP contribution in [0.15, 0.2) is 41.2 Å². The van der Waals surface area contributed by atoms with E-state index in [0.717, 1.165) is 5.69 Å². The van der Waals surface area contributed by atoms with Gasteiger partial charge in [0.2, 0.25) is 0 Å². The molecular formula is C13H13N3O3S. The molecule has 0 fully saturated rings. The van der Waals surface area contributed by atoms with Crippen LogP contribution in [0.4, 0.5) is 4.79 Å². The zero-order valence-corrected chi connectivity index (χ0v) is 11.3. The highest BCUT2D eigenvalue weighted by atomic mass is 32.1. The monoisotopic (exact) mass is 291 g/mol. The molecule has 0 saturated carbocycles. The Balaban J connectivity index is 1.95. The summed E-state index contributed by atoms with van der Waals surface area (Å²) in [5.41, 5.74) is 2.92. The molecule has 0 radical (unpaired) electrons. The lowest BCUT2D eigenvalue weighted by atomic mass is 10.1. The molecule has 1 atom stereocenters. The number of carbonyl (C=O) groups is 2. The molecule has 104 valence electrons. The van der Waals surface area contributed by atoms with Crippen LogP contribution in [0.2, 0.25) is 0 Å². The van der Waals surface area contributed by atoms with Gasteiger partial charge in [-0.2, -0.15) is 0 Å². The molecule has 0 aliphatic carbocycles. The Morgan fingerprint density at radius 1 is 1.30 bits per heavy atom. The summed E-state index contributed by atoms with van der Waals surface area (Å²) in [4.78, 5) is 27.0. The van der Waals surface area contributed by atoms with Crippen LogP contribution in [0.5, 0.6) is 0 Å². The van der Waals surface area contributed by atoms with Crippen LogP contribution in [0, 0.1) is 0 Å². The quantitative estimate of drug-likeness (QED) is 0.783. The minimum atomic E-state index is -1.11. The van der Waals surface area contributed by atoms with Crippen LogP contribution in [0.25, 0.3) is 0 Å². The molecule has 0 bridgehead atoms. The predicted molar refractivity (Wildman–Crippen MR) is 74.3 cm³/mol. The number of hydrogen-bond donors (Lipinski definition) is 3. The molecular weight excluding hydrogens is 278 g/mol. The number of carbonyl (C=O) groups excluding carboxylic acids is 1. The SMILES string of the molecule is O=C(NCc1cscn1)N[C@H](C(=O)O)c1ccccc1. The normalized spacial score (nSPS) is 11.6. The van der Waals surface area contributed by atoms with E-state index in [0.29, 0.717) is 5.56 Å². The summed E-state index contributed by atoms with van der Waals surface area (Å²) >= 11 is 1.43. The number of carboxylic acids is 1. The molecule has 0 saturated heterocycles. The number of urea groups is 1. The van der Waals surface area contributed by atoms with Gasteiger partial charge in [0.25, 0.3) is 0 Å². The van der Waals surface area contributed by atoms with E-state index in [9.17, 15) is 14.7 Å². The van der Waals surface area contributed by atoms with Crippen molar-refractivity contribution >= 4 is 23.3 Å². The molecule has 0 spiro atoms. The Labute approximate surface area is 119 Å². The molecule has 3 N–H and O–H groups in total. The van der Waals surface area contributed by atoms with E-state index in [1.807, 2.05) is 5.38 Å². The van der Waals surface area contributed by atoms with Crippen molar-refractivity contribution in [3.8, 4) is 0 Å². The number of nitrogens with zero attached hydrogens (tertiary/aromatic N) is 1. The summed E-state index contributed by atoms with van der Waals surface area (Å²) in [6.07, 6.45) is 0. The van der Waals surface area contributed by atoms with E-state index < -0.39 is 18.0 Å². The molecule has 1 aromatic heterocycles. The van der Waals surface area contributed by atoms with Gasteiger partial charge in [0.15, 0.2) is 6.04 Å². The van der Waals surface area contributed by atoms with Crippen LogP contribution in [0.1, 0.15) is 17.3 Å². The van der Waals surface area contributed by atoms with Crippen LogP contribution in [0.3, 0.4) is 0 Å². The minimum Gasteiger partial charge on any atom is -0.479 e. The van der Waals surface area contributed by atoms with Crippen molar-refractivity contribution in [1.29, 1.82) is 0 Å². The van der Waals surface area contributed by atoms with Gasteiger partial charge in [-0.1, -0.05) is 30.3 Å². The Morgan fingerprint density at radius 2 is 2.05 bits per heavy atom. The Morgan fingerprint density at radius 3 is 2.65 bits per heavy atom. The minimum absolute atomic E-state index is 0.260. The standard InChI is InChI=1S/C13H13N3O3S/c17-12(18)11(9-4-2-1-3-5-9)16-13(19)14-6-10-7-20-8-15-10/h1-5,7-8,11H,6H2,(H,17,18)(H2,14,16,19)/t11-/m0/s1. The molecule has 2 rings (SSSR count). The summed E-state index contributed by atoms with van der Waals surface area (Å²) in [6, 6.07) is 6.91. The topological polar surface area (TPSA) is 91.3 Å². The van der Waals surface area contributed by atoms with Gasteiger partial charge in [-0.15, -0.1) is 11.3 Å².